The van der Waals surface area contributed by atoms with E-state index in [1.54, 1.807) is 24.4 Å². The van der Waals surface area contributed by atoms with Crippen LogP contribution in [0.15, 0.2) is 40.4 Å². The number of carbonyl (C=O) groups is 1. The molecule has 3 fully saturated rings. The average molecular weight is 548 g/mol. The van der Waals surface area contributed by atoms with Gasteiger partial charge >= 0.3 is 0 Å². The number of nitrogens with zero attached hydrogens (tertiary/aromatic N) is 3. The summed E-state index contributed by atoms with van der Waals surface area (Å²) in [5.74, 6) is 0.825. The number of hydrazone groups is 1. The summed E-state index contributed by atoms with van der Waals surface area (Å²) in [6.07, 6.45) is 7.03. The van der Waals surface area contributed by atoms with E-state index in [0.717, 1.165) is 38.8 Å². The van der Waals surface area contributed by atoms with Gasteiger partial charge in [0.1, 0.15) is 11.3 Å². The zero-order valence-corrected chi connectivity index (χ0v) is 22.1. The molecule has 208 valence electrons. The van der Waals surface area contributed by atoms with Crippen molar-refractivity contribution in [2.75, 3.05) is 38.4 Å². The Kier molecular flexibility index (Phi) is 6.10. The molecular formula is C29H30FN5O5. The van der Waals surface area contributed by atoms with E-state index in [-0.39, 0.29) is 23.8 Å². The van der Waals surface area contributed by atoms with Gasteiger partial charge < -0.3 is 29.0 Å². The topological polar surface area (TPSA) is 106 Å². The summed E-state index contributed by atoms with van der Waals surface area (Å²) in [5, 5.41) is 7.70. The molecule has 2 atom stereocenters. The molecule has 1 aromatic heterocycles. The SMILES string of the molecule is COc1c(N2CC3CCCNC3C2)c(F)cc2c(=O)c(C(=O)N/N=C/c3ccc4c(c3)OCO4)cn(C3CC3)c12. The standard InChI is InChI=1S/C29H30FN5O5/c1-38-28-25-19(10-21(30)26(28)34-12-17-3-2-8-31-22(17)14-34)27(36)20(13-35(25)18-5-6-18)29(37)33-32-11-16-4-7-23-24(9-16)40-15-39-23/h4,7,9-11,13,17-18,22,31H,2-3,5-6,8,12,14-15H2,1H3,(H,33,37)/b32-11+. The van der Waals surface area contributed by atoms with Crippen LogP contribution in [0.5, 0.6) is 17.2 Å². The predicted molar refractivity (Wildman–Crippen MR) is 147 cm³/mol. The summed E-state index contributed by atoms with van der Waals surface area (Å²) in [4.78, 5) is 28.7. The molecule has 0 radical (unpaired) electrons. The van der Waals surface area contributed by atoms with Gasteiger partial charge in [-0.2, -0.15) is 5.10 Å². The van der Waals surface area contributed by atoms with Crippen LogP contribution in [0.2, 0.25) is 0 Å². The van der Waals surface area contributed by atoms with Crippen molar-refractivity contribution >= 4 is 28.7 Å². The molecular weight excluding hydrogens is 517 g/mol. The number of rotatable bonds is 6. The number of benzene rings is 2. The largest absolute Gasteiger partial charge is 0.492 e. The molecule has 40 heavy (non-hydrogen) atoms. The highest BCUT2D eigenvalue weighted by atomic mass is 19.1. The van der Waals surface area contributed by atoms with Crippen molar-refractivity contribution < 1.29 is 23.4 Å². The highest BCUT2D eigenvalue weighted by Gasteiger charge is 2.38. The van der Waals surface area contributed by atoms with Gasteiger partial charge in [-0.15, -0.1) is 0 Å². The smallest absolute Gasteiger partial charge is 0.276 e. The highest BCUT2D eigenvalue weighted by molar-refractivity contribution is 6.00. The molecule has 0 spiro atoms. The zero-order chi connectivity index (χ0) is 27.4. The first-order valence-electron chi connectivity index (χ1n) is 13.7. The lowest BCUT2D eigenvalue weighted by Gasteiger charge is -2.25. The highest BCUT2D eigenvalue weighted by Crippen LogP contribution is 2.45. The number of anilines is 1. The average Bonchev–Trinajstić information content (AvgIpc) is 3.54. The van der Waals surface area contributed by atoms with Crippen LogP contribution in [0.4, 0.5) is 10.1 Å². The van der Waals surface area contributed by atoms with Crippen LogP contribution < -0.4 is 35.3 Å². The number of fused-ring (bicyclic) bond motifs is 3. The number of ether oxygens (including phenoxy) is 3. The fourth-order valence-electron chi connectivity index (χ4n) is 6.18. The first-order chi connectivity index (χ1) is 19.5. The van der Waals surface area contributed by atoms with Gasteiger partial charge in [0.05, 0.1) is 24.2 Å². The van der Waals surface area contributed by atoms with Crippen LogP contribution >= 0.6 is 0 Å². The normalized spacial score (nSPS) is 21.7. The minimum absolute atomic E-state index is 0.0989. The van der Waals surface area contributed by atoms with Crippen molar-refractivity contribution in [2.24, 2.45) is 11.0 Å². The number of carbonyl (C=O) groups excluding carboxylic acids is 1. The maximum atomic E-state index is 15.8. The van der Waals surface area contributed by atoms with Crippen LogP contribution in [0.3, 0.4) is 0 Å². The van der Waals surface area contributed by atoms with E-state index in [4.69, 9.17) is 14.2 Å². The van der Waals surface area contributed by atoms with E-state index in [1.807, 2.05) is 9.47 Å². The Balaban J connectivity index is 1.24. The Hall–Kier alpha value is -4.12. The number of amides is 1. The van der Waals surface area contributed by atoms with Crippen molar-refractivity contribution in [3.05, 3.63) is 57.6 Å². The van der Waals surface area contributed by atoms with Crippen molar-refractivity contribution in [3.8, 4) is 17.2 Å². The molecule has 1 saturated carbocycles. The van der Waals surface area contributed by atoms with Crippen LogP contribution in [0.1, 0.15) is 47.6 Å². The van der Waals surface area contributed by atoms with Gasteiger partial charge in [0.25, 0.3) is 5.91 Å². The van der Waals surface area contributed by atoms with Crippen molar-refractivity contribution in [1.82, 2.24) is 15.3 Å². The number of methoxy groups -OCH3 is 1. The van der Waals surface area contributed by atoms with Crippen LogP contribution in [-0.2, 0) is 0 Å². The molecule has 3 aliphatic heterocycles. The molecule has 4 heterocycles. The van der Waals surface area contributed by atoms with Crippen LogP contribution in [0, 0.1) is 11.7 Å². The number of aromatic nitrogens is 1. The third-order valence-electron chi connectivity index (χ3n) is 8.28. The summed E-state index contributed by atoms with van der Waals surface area (Å²) in [5.41, 5.74) is 3.36. The quantitative estimate of drug-likeness (QED) is 0.361. The lowest BCUT2D eigenvalue weighted by Crippen LogP contribution is -2.40. The molecule has 7 rings (SSSR count). The molecule has 11 heteroatoms. The van der Waals surface area contributed by atoms with Gasteiger partial charge in [-0.05, 0) is 68.0 Å². The minimum Gasteiger partial charge on any atom is -0.492 e. The molecule has 2 saturated heterocycles. The van der Waals surface area contributed by atoms with Gasteiger partial charge in [-0.1, -0.05) is 0 Å². The summed E-state index contributed by atoms with van der Waals surface area (Å²) < 4.78 is 34.2. The van der Waals surface area contributed by atoms with E-state index in [2.05, 4.69) is 15.8 Å². The van der Waals surface area contributed by atoms with Crippen molar-refractivity contribution in [1.29, 1.82) is 0 Å². The molecule has 10 nitrogen and oxygen atoms in total. The maximum absolute atomic E-state index is 15.8. The van der Waals surface area contributed by atoms with E-state index in [1.165, 1.54) is 19.4 Å². The number of pyridine rings is 1. The molecule has 0 bridgehead atoms. The lowest BCUT2D eigenvalue weighted by molar-refractivity contribution is 0.0953. The van der Waals surface area contributed by atoms with Gasteiger partial charge in [0, 0.05) is 31.4 Å². The van der Waals surface area contributed by atoms with E-state index in [0.29, 0.717) is 52.5 Å². The first-order valence-corrected chi connectivity index (χ1v) is 13.7. The number of nitrogens with one attached hydrogen (secondary N) is 2. The summed E-state index contributed by atoms with van der Waals surface area (Å²) >= 11 is 0. The van der Waals surface area contributed by atoms with Crippen LogP contribution in [-0.4, -0.2) is 56.3 Å². The second-order valence-corrected chi connectivity index (χ2v) is 10.8. The fourth-order valence-corrected chi connectivity index (χ4v) is 6.18. The Labute approximate surface area is 229 Å². The molecule has 2 aromatic carbocycles. The summed E-state index contributed by atoms with van der Waals surface area (Å²) in [6.45, 7) is 2.54. The van der Waals surface area contributed by atoms with Crippen molar-refractivity contribution in [2.45, 2.75) is 37.8 Å². The fraction of sp³-hybridized carbons (Fsp3) is 0.414. The second-order valence-electron chi connectivity index (χ2n) is 10.8. The van der Waals surface area contributed by atoms with Gasteiger partial charge in [0.15, 0.2) is 23.1 Å². The number of hydrogen-bond acceptors (Lipinski definition) is 8. The molecule has 2 unspecified atom stereocenters. The van der Waals surface area contributed by atoms with E-state index >= 15 is 4.39 Å². The van der Waals surface area contributed by atoms with Gasteiger partial charge in [-0.25, -0.2) is 9.82 Å². The summed E-state index contributed by atoms with van der Waals surface area (Å²) in [7, 11) is 1.51. The predicted octanol–water partition coefficient (Wildman–Crippen LogP) is 3.16. The second kappa shape index (κ2) is 9.81. The van der Waals surface area contributed by atoms with E-state index in [9.17, 15) is 9.59 Å². The number of halogens is 1. The third kappa shape index (κ3) is 4.25. The lowest BCUT2D eigenvalue weighted by atomic mass is 9.94. The molecule has 4 aliphatic rings. The maximum Gasteiger partial charge on any atom is 0.276 e. The molecule has 2 N–H and O–H groups in total. The Morgan fingerprint density at radius 2 is 2.05 bits per heavy atom. The monoisotopic (exact) mass is 547 g/mol. The minimum atomic E-state index is -0.670. The Morgan fingerprint density at radius 1 is 1.20 bits per heavy atom. The van der Waals surface area contributed by atoms with E-state index < -0.39 is 17.2 Å². The van der Waals surface area contributed by atoms with Gasteiger partial charge in [0.2, 0.25) is 12.2 Å². The third-order valence-corrected chi connectivity index (χ3v) is 8.28. The number of hydrogen-bond donors (Lipinski definition) is 2. The molecule has 1 amide bonds. The van der Waals surface area contributed by atoms with Crippen molar-refractivity contribution in [3.63, 3.8) is 0 Å². The number of piperidine rings is 1. The zero-order valence-electron chi connectivity index (χ0n) is 22.1. The molecule has 1 aliphatic carbocycles. The molecule has 3 aromatic rings. The van der Waals surface area contributed by atoms with Crippen LogP contribution in [0.25, 0.3) is 10.9 Å². The Bertz CT molecular complexity index is 1590. The Morgan fingerprint density at radius 3 is 2.85 bits per heavy atom. The van der Waals surface area contributed by atoms with Gasteiger partial charge in [-0.3, -0.25) is 9.59 Å². The first kappa shape index (κ1) is 24.9. The summed E-state index contributed by atoms with van der Waals surface area (Å²) in [6, 6.07) is 6.94.